The first-order valence-electron chi connectivity index (χ1n) is 7.56. The van der Waals surface area contributed by atoms with E-state index < -0.39 is 0 Å². The van der Waals surface area contributed by atoms with Gasteiger partial charge in [0.2, 0.25) is 0 Å². The van der Waals surface area contributed by atoms with Gasteiger partial charge >= 0.3 is 0 Å². The molecule has 1 aliphatic rings. The number of rotatable bonds is 5. The molecule has 21 heavy (non-hydrogen) atoms. The predicted molar refractivity (Wildman–Crippen MR) is 85.4 cm³/mol. The molecule has 0 saturated heterocycles. The van der Waals surface area contributed by atoms with Crippen molar-refractivity contribution in [2.45, 2.75) is 52.1 Å². The van der Waals surface area contributed by atoms with Crippen molar-refractivity contribution in [3.8, 4) is 0 Å². The Labute approximate surface area is 129 Å². The molecule has 0 bridgehead atoms. The summed E-state index contributed by atoms with van der Waals surface area (Å²) in [4.78, 5) is 6.04. The van der Waals surface area contributed by atoms with Crippen LogP contribution in [0.5, 0.6) is 0 Å². The third kappa shape index (κ3) is 3.16. The fraction of sp³-hybridized carbons (Fsp3) is 0.471. The number of nitrogens with zero attached hydrogens (tertiary/aromatic N) is 1. The molecule has 1 unspecified atom stereocenters. The normalized spacial score (nSPS) is 16.2. The standard InChI is InChI=1S/C17H21FN2S/c1-4-15-11(3)21-17(20-15)16(19-13-7-8-13)12-6-5-10(2)14(18)9-12/h5-6,9,13,16,19H,4,7-8H2,1-3H3. The maximum Gasteiger partial charge on any atom is 0.126 e. The van der Waals surface area contributed by atoms with Gasteiger partial charge in [-0.3, -0.25) is 0 Å². The zero-order valence-electron chi connectivity index (χ0n) is 12.7. The fourth-order valence-electron chi connectivity index (χ4n) is 2.49. The maximum absolute atomic E-state index is 13.9. The zero-order valence-corrected chi connectivity index (χ0v) is 13.6. The molecule has 1 heterocycles. The summed E-state index contributed by atoms with van der Waals surface area (Å²) in [5, 5.41) is 4.67. The number of hydrogen-bond acceptors (Lipinski definition) is 3. The molecule has 3 rings (SSSR count). The summed E-state index contributed by atoms with van der Waals surface area (Å²) in [6.07, 6.45) is 3.35. The molecule has 0 aliphatic heterocycles. The van der Waals surface area contributed by atoms with Gasteiger partial charge in [0.15, 0.2) is 0 Å². The van der Waals surface area contributed by atoms with Crippen LogP contribution in [0.4, 0.5) is 4.39 Å². The highest BCUT2D eigenvalue weighted by Gasteiger charge is 2.28. The highest BCUT2D eigenvalue weighted by atomic mass is 32.1. The summed E-state index contributed by atoms with van der Waals surface area (Å²) in [5.74, 6) is -0.140. The Hall–Kier alpha value is -1.26. The van der Waals surface area contributed by atoms with Gasteiger partial charge in [-0.1, -0.05) is 19.1 Å². The summed E-state index contributed by atoms with van der Waals surface area (Å²) in [7, 11) is 0. The first-order valence-corrected chi connectivity index (χ1v) is 8.38. The van der Waals surface area contributed by atoms with Gasteiger partial charge in [-0.05, 0) is 50.3 Å². The van der Waals surface area contributed by atoms with Crippen LogP contribution in [-0.2, 0) is 6.42 Å². The minimum Gasteiger partial charge on any atom is -0.301 e. The molecule has 0 spiro atoms. The number of hydrogen-bond donors (Lipinski definition) is 1. The molecular weight excluding hydrogens is 283 g/mol. The molecule has 2 nitrogen and oxygen atoms in total. The van der Waals surface area contributed by atoms with Crippen molar-refractivity contribution in [2.24, 2.45) is 0 Å². The van der Waals surface area contributed by atoms with E-state index in [1.54, 1.807) is 24.3 Å². The van der Waals surface area contributed by atoms with Gasteiger partial charge in [-0.2, -0.15) is 0 Å². The molecule has 1 fully saturated rings. The Morgan fingerprint density at radius 1 is 1.38 bits per heavy atom. The molecule has 2 aromatic rings. The predicted octanol–water partition coefficient (Wildman–Crippen LogP) is 4.30. The van der Waals surface area contributed by atoms with Crippen LogP contribution in [0.2, 0.25) is 0 Å². The third-order valence-corrected chi connectivity index (χ3v) is 5.08. The third-order valence-electron chi connectivity index (χ3n) is 4.00. The summed E-state index contributed by atoms with van der Waals surface area (Å²) in [6, 6.07) is 6.08. The van der Waals surface area contributed by atoms with Crippen molar-refractivity contribution in [3.63, 3.8) is 0 Å². The van der Waals surface area contributed by atoms with Crippen LogP contribution in [0.3, 0.4) is 0 Å². The molecule has 0 radical (unpaired) electrons. The quantitative estimate of drug-likeness (QED) is 0.890. The Morgan fingerprint density at radius 2 is 2.14 bits per heavy atom. The van der Waals surface area contributed by atoms with Crippen LogP contribution in [0.15, 0.2) is 18.2 Å². The minimum atomic E-state index is -0.140. The summed E-state index contributed by atoms with van der Waals surface area (Å²) < 4.78 is 13.9. The first-order chi connectivity index (χ1) is 10.1. The van der Waals surface area contributed by atoms with Gasteiger partial charge in [0.25, 0.3) is 0 Å². The van der Waals surface area contributed by atoms with Crippen LogP contribution in [0, 0.1) is 19.7 Å². The van der Waals surface area contributed by atoms with Crippen LogP contribution in [0.25, 0.3) is 0 Å². The topological polar surface area (TPSA) is 24.9 Å². The van der Waals surface area contributed by atoms with Crippen molar-refractivity contribution >= 4 is 11.3 Å². The second kappa shape index (κ2) is 5.85. The van der Waals surface area contributed by atoms with Crippen molar-refractivity contribution in [1.29, 1.82) is 0 Å². The summed E-state index contributed by atoms with van der Waals surface area (Å²) in [5.41, 5.74) is 2.82. The molecule has 1 aromatic carbocycles. The van der Waals surface area contributed by atoms with E-state index in [0.717, 1.165) is 22.7 Å². The van der Waals surface area contributed by atoms with Crippen molar-refractivity contribution in [3.05, 3.63) is 50.7 Å². The average Bonchev–Trinajstić information content (AvgIpc) is 3.21. The van der Waals surface area contributed by atoms with Crippen molar-refractivity contribution in [2.75, 3.05) is 0 Å². The average molecular weight is 304 g/mol. The van der Waals surface area contributed by atoms with E-state index in [1.807, 2.05) is 12.1 Å². The summed E-state index contributed by atoms with van der Waals surface area (Å²) in [6.45, 7) is 6.04. The molecule has 112 valence electrons. The van der Waals surface area contributed by atoms with Gasteiger partial charge < -0.3 is 5.32 Å². The van der Waals surface area contributed by atoms with E-state index in [-0.39, 0.29) is 11.9 Å². The number of aromatic nitrogens is 1. The highest BCUT2D eigenvalue weighted by Crippen LogP contribution is 2.32. The van der Waals surface area contributed by atoms with Crippen LogP contribution in [0.1, 0.15) is 52.5 Å². The van der Waals surface area contributed by atoms with Gasteiger partial charge in [-0.25, -0.2) is 9.37 Å². The number of nitrogens with one attached hydrogen (secondary N) is 1. The number of thiazole rings is 1. The van der Waals surface area contributed by atoms with Crippen molar-refractivity contribution in [1.82, 2.24) is 10.3 Å². The minimum absolute atomic E-state index is 0.0107. The SMILES string of the molecule is CCc1nc(C(NC2CC2)c2ccc(C)c(F)c2)sc1C. The van der Waals surface area contributed by atoms with Crippen LogP contribution in [-0.4, -0.2) is 11.0 Å². The van der Waals surface area contributed by atoms with E-state index in [2.05, 4.69) is 19.2 Å². The van der Waals surface area contributed by atoms with E-state index in [9.17, 15) is 4.39 Å². The van der Waals surface area contributed by atoms with E-state index in [0.29, 0.717) is 11.6 Å². The Kier molecular flexibility index (Phi) is 4.09. The second-order valence-corrected chi connectivity index (χ2v) is 7.03. The number of aryl methyl sites for hydroxylation is 3. The highest BCUT2D eigenvalue weighted by molar-refractivity contribution is 7.11. The lowest BCUT2D eigenvalue weighted by Crippen LogP contribution is -2.24. The van der Waals surface area contributed by atoms with Crippen molar-refractivity contribution < 1.29 is 4.39 Å². The van der Waals surface area contributed by atoms with Gasteiger partial charge in [-0.15, -0.1) is 11.3 Å². The molecular formula is C17H21FN2S. The lowest BCUT2D eigenvalue weighted by Gasteiger charge is -2.17. The van der Waals surface area contributed by atoms with E-state index in [4.69, 9.17) is 4.98 Å². The smallest absolute Gasteiger partial charge is 0.126 e. The molecule has 1 N–H and O–H groups in total. The number of halogens is 1. The Morgan fingerprint density at radius 3 is 2.71 bits per heavy atom. The Balaban J connectivity index is 1.97. The second-order valence-electron chi connectivity index (χ2n) is 5.79. The molecule has 1 atom stereocenters. The molecule has 1 saturated carbocycles. The Bertz CT molecular complexity index is 646. The molecule has 4 heteroatoms. The lowest BCUT2D eigenvalue weighted by molar-refractivity contribution is 0.580. The van der Waals surface area contributed by atoms with Gasteiger partial charge in [0, 0.05) is 10.9 Å². The zero-order chi connectivity index (χ0) is 15.0. The van der Waals surface area contributed by atoms with Gasteiger partial charge in [0.1, 0.15) is 10.8 Å². The first kappa shape index (κ1) is 14.7. The van der Waals surface area contributed by atoms with E-state index >= 15 is 0 Å². The van der Waals surface area contributed by atoms with Gasteiger partial charge in [0.05, 0.1) is 11.7 Å². The maximum atomic E-state index is 13.9. The van der Waals surface area contributed by atoms with Crippen LogP contribution >= 0.6 is 11.3 Å². The lowest BCUT2D eigenvalue weighted by atomic mass is 10.0. The van der Waals surface area contributed by atoms with Crippen LogP contribution < -0.4 is 5.32 Å². The number of benzene rings is 1. The molecule has 1 aromatic heterocycles. The van der Waals surface area contributed by atoms with E-state index in [1.165, 1.54) is 17.7 Å². The molecule has 0 amide bonds. The molecule has 1 aliphatic carbocycles. The monoisotopic (exact) mass is 304 g/mol. The summed E-state index contributed by atoms with van der Waals surface area (Å²) >= 11 is 1.73. The largest absolute Gasteiger partial charge is 0.301 e. The fourth-order valence-corrected chi connectivity index (χ4v) is 3.59.